The second-order valence-electron chi connectivity index (χ2n) is 24.2. The maximum Gasteiger partial charge on any atom is 1.00 e. The maximum absolute atomic E-state index is 13.3. The number of carboxylic acids is 1. The number of hydrogen-bond donors (Lipinski definition) is 7. The monoisotopic (exact) mass is 1410 g/mol. The minimum atomic E-state index is -0.982. The Labute approximate surface area is 615 Å². The van der Waals surface area contributed by atoms with Gasteiger partial charge in [-0.25, -0.2) is 34.7 Å². The summed E-state index contributed by atoms with van der Waals surface area (Å²) in [5.41, 5.74) is 25.8. The number of ether oxygens (including phenoxy) is 6. The van der Waals surface area contributed by atoms with Crippen molar-refractivity contribution in [2.24, 2.45) is 11.5 Å². The van der Waals surface area contributed by atoms with Gasteiger partial charge in [-0.1, -0.05) is 109 Å². The largest absolute Gasteiger partial charge is 1.00 e. The molecule has 27 nitrogen and oxygen atoms in total. The van der Waals surface area contributed by atoms with E-state index in [9.17, 15) is 33.6 Å². The van der Waals surface area contributed by atoms with Crippen molar-refractivity contribution in [3.05, 3.63) is 230 Å². The number of esters is 2. The number of hydrogen-bond acceptors (Lipinski definition) is 22. The fourth-order valence-electron chi connectivity index (χ4n) is 11.0. The third kappa shape index (κ3) is 21.0. The molecule has 528 valence electrons. The van der Waals surface area contributed by atoms with Gasteiger partial charge in [0.15, 0.2) is 0 Å². The molecule has 28 heteroatoms. The van der Waals surface area contributed by atoms with E-state index >= 15 is 0 Å². The van der Waals surface area contributed by atoms with E-state index in [2.05, 4.69) is 51.2 Å². The van der Waals surface area contributed by atoms with Gasteiger partial charge in [0.05, 0.1) is 106 Å². The van der Waals surface area contributed by atoms with E-state index in [4.69, 9.17) is 45.0 Å². The fraction of sp³-hybridized carbons (Fsp3) is 0.267. The van der Waals surface area contributed by atoms with Gasteiger partial charge in [-0.3, -0.25) is 28.8 Å². The zero-order valence-corrected chi connectivity index (χ0v) is 59.8. The summed E-state index contributed by atoms with van der Waals surface area (Å²) in [5, 5.41) is 20.3. The van der Waals surface area contributed by atoms with Crippen LogP contribution in [0.4, 0.5) is 21.9 Å². The molecule has 0 spiro atoms. The number of aliphatic carboxylic acids is 1. The second kappa shape index (κ2) is 36.8. The third-order valence-electron chi connectivity index (χ3n) is 15.7. The molecule has 3 aliphatic rings. The first-order valence-electron chi connectivity index (χ1n) is 32.5. The van der Waals surface area contributed by atoms with Gasteiger partial charge in [-0.2, -0.15) is 0 Å². The number of para-hydroxylation sites is 3. The number of aromatic nitrogens is 6. The number of alkyl carbamates (subject to hydrolysis) is 1. The van der Waals surface area contributed by atoms with E-state index in [1.165, 1.54) is 0 Å². The van der Waals surface area contributed by atoms with Crippen molar-refractivity contribution < 1.29 is 102 Å². The van der Waals surface area contributed by atoms with Crippen LogP contribution in [-0.4, -0.2) is 101 Å². The Balaban J connectivity index is 0.000000196. The van der Waals surface area contributed by atoms with E-state index in [-0.39, 0.29) is 103 Å². The molecule has 0 bridgehead atoms. The van der Waals surface area contributed by atoms with Gasteiger partial charge >= 0.3 is 53.6 Å². The fourth-order valence-corrected chi connectivity index (χ4v) is 11.0. The molecule has 103 heavy (non-hydrogen) atoms. The van der Waals surface area contributed by atoms with Gasteiger partial charge in [0, 0.05) is 70.1 Å². The first kappa shape index (κ1) is 78.1. The topological polar surface area (TPSA) is 403 Å². The van der Waals surface area contributed by atoms with Crippen LogP contribution in [0.3, 0.4) is 0 Å². The van der Waals surface area contributed by atoms with Crippen LogP contribution in [0, 0.1) is 0 Å². The number of nitrogens with zero attached hydrogens (tertiary/aromatic N) is 6. The van der Waals surface area contributed by atoms with Gasteiger partial charge < -0.3 is 71.7 Å². The van der Waals surface area contributed by atoms with Crippen LogP contribution < -0.4 is 62.3 Å². The predicted octanol–water partition coefficient (Wildman–Crippen LogP) is 6.89. The molecule has 12 rings (SSSR count). The Kier molecular flexibility index (Phi) is 27.9. The van der Waals surface area contributed by atoms with E-state index in [1.54, 1.807) is 107 Å². The van der Waals surface area contributed by atoms with Crippen LogP contribution in [0.15, 0.2) is 146 Å². The van der Waals surface area contributed by atoms with Crippen LogP contribution in [0.5, 0.6) is 0 Å². The standard InChI is InChI=1S/C29H32N4O6.C24H24N4O4.C22H20N4O4.Na.H2O/c1-5-38-24(34)14-19-10-6-7-12-22(19)32-27(35)26-31-23-17-37-16-21(23)25(33-26)20-11-8-9-18(13-20)15-30-28(36)39-29(2,3)4;1-2-32-21(29)11-16-7-3-4-9-19(16)27-24(30)23-26-20-14-31-13-18(20)22(28-23)17-8-5-6-15(10-17)12-25;23-10-13-4-3-6-15(8-13)20-16-11-30-12-18(16)24-21(26-20)22(29)25-17-7-2-1-5-14(17)9-19(27)28;;/h6-13H,5,14-17H2,1-4H3,(H,30,36)(H,32,35);3-10H,2,11-14,25H2,1H3,(H,27,30);1-8H,9-12,23H2,(H,25,29)(H,27,28);;1H2/q;;;+1;/p-1. The van der Waals surface area contributed by atoms with E-state index in [0.29, 0.717) is 121 Å². The van der Waals surface area contributed by atoms with E-state index in [0.717, 1.165) is 50.1 Å². The summed E-state index contributed by atoms with van der Waals surface area (Å²) >= 11 is 0. The minimum Gasteiger partial charge on any atom is -0.870 e. The molecular formula is C75H77N12NaO15. The predicted molar refractivity (Wildman–Crippen MR) is 374 cm³/mol. The molecule has 9 aromatic rings. The minimum absolute atomic E-state index is 0. The number of carbonyl (C=O) groups excluding carboxylic acids is 6. The Morgan fingerprint density at radius 2 is 0.806 bits per heavy atom. The van der Waals surface area contributed by atoms with Gasteiger partial charge in [-0.05, 0) is 104 Å². The smallest absolute Gasteiger partial charge is 0.870 e. The average molecular weight is 1410 g/mol. The first-order chi connectivity index (χ1) is 48.8. The number of amides is 4. The van der Waals surface area contributed by atoms with Gasteiger partial charge in [0.1, 0.15) is 5.60 Å². The number of benzene rings is 6. The molecule has 4 amide bonds. The number of rotatable bonds is 21. The molecular weight excluding hydrogens is 1330 g/mol. The molecule has 6 heterocycles. The SMILES string of the molecule is CCOC(=O)Cc1ccccc1NC(=O)c1nc2c(c(-c3cccc(CN)c3)n1)COC2.CCOC(=O)Cc1ccccc1NC(=O)c1nc2c(c(-c3cccc(CNC(=O)OC(C)(C)C)c3)n1)COC2.NCc1cccc(-c2nc(C(=O)Nc3ccccc3CC(=O)O)nc3c2COC3)c1.[Na+].[OH-]. The summed E-state index contributed by atoms with van der Waals surface area (Å²) in [6.07, 6.45) is -0.628. The number of carboxylic acid groups (broad SMARTS) is 1. The van der Waals surface area contributed by atoms with Gasteiger partial charge in [0.2, 0.25) is 17.5 Å². The number of anilines is 3. The molecule has 3 aliphatic heterocycles. The summed E-state index contributed by atoms with van der Waals surface area (Å²) in [6, 6.07) is 43.8. The maximum atomic E-state index is 13.3. The zero-order valence-electron chi connectivity index (χ0n) is 57.8. The van der Waals surface area contributed by atoms with Crippen molar-refractivity contribution in [1.29, 1.82) is 0 Å². The van der Waals surface area contributed by atoms with Gasteiger partial charge in [0.25, 0.3) is 17.7 Å². The number of nitrogens with two attached hydrogens (primary N) is 2. The molecule has 6 aromatic carbocycles. The summed E-state index contributed by atoms with van der Waals surface area (Å²) in [7, 11) is 0. The van der Waals surface area contributed by atoms with Gasteiger partial charge in [-0.15, -0.1) is 0 Å². The Bertz CT molecular complexity index is 4590. The van der Waals surface area contributed by atoms with Crippen molar-refractivity contribution in [3.8, 4) is 33.8 Å². The van der Waals surface area contributed by atoms with Crippen molar-refractivity contribution in [2.45, 2.75) is 119 Å². The number of fused-ring (bicyclic) bond motifs is 3. The van der Waals surface area contributed by atoms with Crippen LogP contribution >= 0.6 is 0 Å². The summed E-state index contributed by atoms with van der Waals surface area (Å²) in [5.74, 6) is -3.19. The number of nitrogens with one attached hydrogen (secondary N) is 4. The van der Waals surface area contributed by atoms with E-state index < -0.39 is 35.4 Å². The molecule has 3 aromatic heterocycles. The summed E-state index contributed by atoms with van der Waals surface area (Å²) < 4.78 is 32.1. The molecule has 0 radical (unpaired) electrons. The summed E-state index contributed by atoms with van der Waals surface area (Å²) in [4.78, 5) is 113. The second-order valence-corrected chi connectivity index (χ2v) is 24.2. The van der Waals surface area contributed by atoms with Crippen molar-refractivity contribution in [3.63, 3.8) is 0 Å². The Morgan fingerprint density at radius 1 is 0.466 bits per heavy atom. The van der Waals surface area contributed by atoms with E-state index in [1.807, 2.05) is 72.8 Å². The Hall–Kier alpha value is -10.6. The summed E-state index contributed by atoms with van der Waals surface area (Å²) in [6.45, 7) is 12.5. The van der Waals surface area contributed by atoms with Crippen LogP contribution in [0.25, 0.3) is 33.8 Å². The molecule has 0 unspecified atom stereocenters. The van der Waals surface area contributed by atoms with Crippen LogP contribution in [0.2, 0.25) is 0 Å². The molecule has 0 saturated carbocycles. The average Bonchev–Trinajstić information content (AvgIpc) is 1.75. The zero-order chi connectivity index (χ0) is 71.6. The third-order valence-corrected chi connectivity index (χ3v) is 15.7. The molecule has 0 aliphatic carbocycles. The van der Waals surface area contributed by atoms with Crippen molar-refractivity contribution in [1.82, 2.24) is 35.2 Å². The number of carbonyl (C=O) groups is 7. The molecule has 0 atom stereocenters. The molecule has 10 N–H and O–H groups in total. The van der Waals surface area contributed by atoms with Crippen molar-refractivity contribution in [2.75, 3.05) is 29.2 Å². The van der Waals surface area contributed by atoms with Crippen LogP contribution in [0.1, 0.15) is 134 Å². The normalized spacial score (nSPS) is 12.1. The Morgan fingerprint density at radius 3 is 1.15 bits per heavy atom. The first-order valence-corrected chi connectivity index (χ1v) is 32.5. The van der Waals surface area contributed by atoms with Crippen molar-refractivity contribution >= 4 is 58.8 Å². The quantitative estimate of drug-likeness (QED) is 0.0219. The van der Waals surface area contributed by atoms with Crippen LogP contribution in [-0.2, 0) is 121 Å². The molecule has 0 fully saturated rings. The molecule has 0 saturated heterocycles.